The third-order valence-electron chi connectivity index (χ3n) is 5.27. The molecule has 0 aliphatic carbocycles. The Bertz CT molecular complexity index is 949. The highest BCUT2D eigenvalue weighted by Crippen LogP contribution is 2.39. The Kier molecular flexibility index (Phi) is 5.05. The maximum Gasteiger partial charge on any atom is 0.170 e. The van der Waals surface area contributed by atoms with E-state index in [0.29, 0.717) is 0 Å². The Balaban J connectivity index is 1.76. The average molecular weight is 392 g/mol. The van der Waals surface area contributed by atoms with Crippen LogP contribution in [0.5, 0.6) is 0 Å². The lowest BCUT2D eigenvalue weighted by molar-refractivity contribution is 0.321. The molecule has 3 aromatic rings. The summed E-state index contributed by atoms with van der Waals surface area (Å²) in [5, 5.41) is 4.26. The first-order valence-corrected chi connectivity index (χ1v) is 9.94. The van der Waals surface area contributed by atoms with Gasteiger partial charge in [-0.1, -0.05) is 6.07 Å². The Labute approximate surface area is 171 Å². The van der Waals surface area contributed by atoms with E-state index >= 15 is 0 Å². The number of benzene rings is 1. The summed E-state index contributed by atoms with van der Waals surface area (Å²) >= 11 is 5.65. The van der Waals surface area contributed by atoms with Gasteiger partial charge in [-0.2, -0.15) is 0 Å². The van der Waals surface area contributed by atoms with Gasteiger partial charge in [0.2, 0.25) is 0 Å². The zero-order valence-electron chi connectivity index (χ0n) is 16.4. The van der Waals surface area contributed by atoms with Crippen LogP contribution in [-0.4, -0.2) is 40.2 Å². The Morgan fingerprint density at radius 2 is 1.86 bits per heavy atom. The van der Waals surface area contributed by atoms with Crippen LogP contribution in [0.4, 0.5) is 5.69 Å². The molecule has 1 N–H and O–H groups in total. The van der Waals surface area contributed by atoms with Gasteiger partial charge in [-0.15, -0.1) is 0 Å². The van der Waals surface area contributed by atoms with Crippen molar-refractivity contribution in [2.24, 2.45) is 0 Å². The van der Waals surface area contributed by atoms with Crippen LogP contribution in [0.15, 0.2) is 67.0 Å². The zero-order valence-corrected chi connectivity index (χ0v) is 17.2. The van der Waals surface area contributed by atoms with Crippen LogP contribution in [0.2, 0.25) is 0 Å². The number of hydrogen-bond acceptors (Lipinski definition) is 3. The summed E-state index contributed by atoms with van der Waals surface area (Å²) in [6, 6.07) is 19.0. The number of hydrogen-bond donors (Lipinski definition) is 1. The molecule has 1 saturated heterocycles. The van der Waals surface area contributed by atoms with Crippen LogP contribution >= 0.6 is 12.2 Å². The SMILES string of the molecule is CCN1C(=S)N[C@@H](c2ccccn2)[C@@H]1c1cccn1-c1ccc(N(C)C)cc1. The zero-order chi connectivity index (χ0) is 19.7. The fourth-order valence-corrected chi connectivity index (χ4v) is 4.22. The van der Waals surface area contributed by atoms with Gasteiger partial charge in [-0.3, -0.25) is 4.98 Å². The van der Waals surface area contributed by atoms with Crippen LogP contribution in [-0.2, 0) is 0 Å². The molecule has 1 aliphatic heterocycles. The third kappa shape index (κ3) is 3.24. The van der Waals surface area contributed by atoms with Gasteiger partial charge in [0.1, 0.15) is 0 Å². The molecule has 0 saturated carbocycles. The first-order valence-electron chi connectivity index (χ1n) is 9.53. The Morgan fingerprint density at radius 1 is 1.07 bits per heavy atom. The molecule has 1 fully saturated rings. The lowest BCUT2D eigenvalue weighted by Gasteiger charge is -2.28. The van der Waals surface area contributed by atoms with Crippen molar-refractivity contribution in [1.29, 1.82) is 0 Å². The summed E-state index contributed by atoms with van der Waals surface area (Å²) in [4.78, 5) is 8.95. The average Bonchev–Trinajstić information content (AvgIpc) is 3.32. The quantitative estimate of drug-likeness (QED) is 0.667. The Morgan fingerprint density at radius 3 is 2.50 bits per heavy atom. The van der Waals surface area contributed by atoms with Gasteiger partial charge in [0.05, 0.1) is 17.8 Å². The molecule has 3 heterocycles. The van der Waals surface area contributed by atoms with Crippen LogP contribution in [0.1, 0.15) is 30.4 Å². The van der Waals surface area contributed by atoms with Gasteiger partial charge < -0.3 is 19.7 Å². The molecule has 6 heteroatoms. The van der Waals surface area contributed by atoms with E-state index in [1.807, 2.05) is 18.3 Å². The maximum absolute atomic E-state index is 5.65. The molecule has 0 amide bonds. The van der Waals surface area contributed by atoms with Gasteiger partial charge in [0.25, 0.3) is 0 Å². The van der Waals surface area contributed by atoms with E-state index in [9.17, 15) is 0 Å². The van der Waals surface area contributed by atoms with Crippen molar-refractivity contribution in [3.05, 3.63) is 78.4 Å². The molecule has 1 aliphatic rings. The van der Waals surface area contributed by atoms with E-state index < -0.39 is 0 Å². The fourth-order valence-electron chi connectivity index (χ4n) is 3.85. The molecule has 0 bridgehead atoms. The van der Waals surface area contributed by atoms with Gasteiger partial charge in [0.15, 0.2) is 5.11 Å². The van der Waals surface area contributed by atoms with Gasteiger partial charge in [0, 0.05) is 50.1 Å². The lowest BCUT2D eigenvalue weighted by Crippen LogP contribution is -2.30. The van der Waals surface area contributed by atoms with Crippen molar-refractivity contribution < 1.29 is 0 Å². The minimum absolute atomic E-state index is 0.0170. The molecule has 0 spiro atoms. The fraction of sp³-hybridized carbons (Fsp3) is 0.273. The predicted octanol–water partition coefficient (Wildman–Crippen LogP) is 3.93. The summed E-state index contributed by atoms with van der Waals surface area (Å²) in [5.74, 6) is 0. The van der Waals surface area contributed by atoms with Crippen LogP contribution in [0.25, 0.3) is 5.69 Å². The summed E-state index contributed by atoms with van der Waals surface area (Å²) < 4.78 is 2.25. The number of anilines is 1. The minimum atomic E-state index is 0.0170. The summed E-state index contributed by atoms with van der Waals surface area (Å²) in [6.45, 7) is 2.98. The van der Waals surface area contributed by atoms with E-state index in [0.717, 1.165) is 23.0 Å². The van der Waals surface area contributed by atoms with Crippen molar-refractivity contribution in [3.63, 3.8) is 0 Å². The number of aromatic nitrogens is 2. The molecular weight excluding hydrogens is 366 g/mol. The van der Waals surface area contributed by atoms with E-state index in [-0.39, 0.29) is 12.1 Å². The smallest absolute Gasteiger partial charge is 0.170 e. The van der Waals surface area contributed by atoms with Crippen LogP contribution < -0.4 is 10.2 Å². The second-order valence-corrected chi connectivity index (χ2v) is 7.51. The lowest BCUT2D eigenvalue weighted by atomic mass is 10.0. The summed E-state index contributed by atoms with van der Waals surface area (Å²) in [5.41, 5.74) is 4.52. The van der Waals surface area contributed by atoms with Gasteiger partial charge in [-0.25, -0.2) is 0 Å². The van der Waals surface area contributed by atoms with E-state index in [1.165, 1.54) is 11.4 Å². The Hall–Kier alpha value is -2.86. The molecule has 2 atom stereocenters. The van der Waals surface area contributed by atoms with Gasteiger partial charge >= 0.3 is 0 Å². The number of thiocarbonyl (C=S) groups is 1. The molecule has 0 unspecified atom stereocenters. The number of nitrogens with zero attached hydrogens (tertiary/aromatic N) is 4. The van der Waals surface area contributed by atoms with Crippen molar-refractivity contribution >= 4 is 23.0 Å². The molecule has 144 valence electrons. The van der Waals surface area contributed by atoms with Crippen molar-refractivity contribution in [3.8, 4) is 5.69 Å². The topological polar surface area (TPSA) is 36.3 Å². The minimum Gasteiger partial charge on any atom is -0.378 e. The molecule has 1 aromatic carbocycles. The van der Waals surface area contributed by atoms with Crippen molar-refractivity contribution in [1.82, 2.24) is 19.8 Å². The van der Waals surface area contributed by atoms with E-state index in [4.69, 9.17) is 12.2 Å². The van der Waals surface area contributed by atoms with Crippen LogP contribution in [0.3, 0.4) is 0 Å². The molecule has 5 nitrogen and oxygen atoms in total. The monoisotopic (exact) mass is 391 g/mol. The predicted molar refractivity (Wildman–Crippen MR) is 118 cm³/mol. The highest BCUT2D eigenvalue weighted by molar-refractivity contribution is 7.80. The first kappa shape index (κ1) is 18.5. The second-order valence-electron chi connectivity index (χ2n) is 7.13. The maximum atomic E-state index is 5.65. The summed E-state index contributed by atoms with van der Waals surface area (Å²) in [6.07, 6.45) is 3.95. The highest BCUT2D eigenvalue weighted by atomic mass is 32.1. The number of rotatable bonds is 5. The molecule has 4 rings (SSSR count). The molecule has 2 aromatic heterocycles. The largest absolute Gasteiger partial charge is 0.378 e. The van der Waals surface area contributed by atoms with Crippen molar-refractivity contribution in [2.75, 3.05) is 25.5 Å². The second kappa shape index (κ2) is 7.64. The number of likely N-dealkylation sites (N-methyl/N-ethyl adjacent to an activating group) is 1. The first-order chi connectivity index (χ1) is 13.6. The molecular formula is C22H25N5S. The highest BCUT2D eigenvalue weighted by Gasteiger charge is 2.40. The third-order valence-corrected chi connectivity index (χ3v) is 5.62. The van der Waals surface area contributed by atoms with Crippen molar-refractivity contribution in [2.45, 2.75) is 19.0 Å². The molecule has 28 heavy (non-hydrogen) atoms. The van der Waals surface area contributed by atoms with Crippen LogP contribution in [0, 0.1) is 0 Å². The molecule has 0 radical (unpaired) electrons. The standard InChI is InChI=1S/C22H25N5S/c1-4-26-21(20(24-22(26)28)18-8-5-6-14-23-18)19-9-7-15-27(19)17-12-10-16(11-13-17)25(2)3/h5-15,20-21H,4H2,1-3H3,(H,24,28)/t20-,21-/m0/s1. The van der Waals surface area contributed by atoms with Gasteiger partial charge in [-0.05, 0) is 67.7 Å². The summed E-state index contributed by atoms with van der Waals surface area (Å²) in [7, 11) is 4.11. The van der Waals surface area contributed by atoms with E-state index in [2.05, 4.69) is 94.3 Å². The number of nitrogens with one attached hydrogen (secondary N) is 1. The van der Waals surface area contributed by atoms with E-state index in [1.54, 1.807) is 0 Å². The number of pyridine rings is 1. The normalized spacial score (nSPS) is 19.0.